The fraction of sp³-hybridized carbons (Fsp3) is 0.571. The zero-order chi connectivity index (χ0) is 10.6. The van der Waals surface area contributed by atoms with Gasteiger partial charge in [-0.3, -0.25) is 0 Å². The van der Waals surface area contributed by atoms with Gasteiger partial charge in [-0.25, -0.2) is 4.68 Å². The lowest BCUT2D eigenvalue weighted by Crippen LogP contribution is -2.21. The molecular formula is C7H13BN2O4. The lowest BCUT2D eigenvalue weighted by atomic mass is 10.3. The molecule has 14 heavy (non-hydrogen) atoms. The van der Waals surface area contributed by atoms with Crippen LogP contribution in [-0.2, 0) is 4.74 Å². The molecule has 0 radical (unpaired) electrons. The molecule has 0 spiro atoms. The summed E-state index contributed by atoms with van der Waals surface area (Å²) in [6.45, 7) is 4.30. The SMILES string of the molecule is CCOC(C)n1ccc(OB(O)O)n1. The molecule has 0 saturated carbocycles. The average molecular weight is 200 g/mol. The monoisotopic (exact) mass is 200 g/mol. The molecule has 7 heteroatoms. The molecule has 1 unspecified atom stereocenters. The summed E-state index contributed by atoms with van der Waals surface area (Å²) in [5, 5.41) is 20.9. The maximum absolute atomic E-state index is 8.51. The highest BCUT2D eigenvalue weighted by atomic mass is 16.6. The second-order valence-corrected chi connectivity index (χ2v) is 2.63. The van der Waals surface area contributed by atoms with Crippen LogP contribution in [0.2, 0.25) is 0 Å². The van der Waals surface area contributed by atoms with E-state index in [9.17, 15) is 0 Å². The van der Waals surface area contributed by atoms with Crippen LogP contribution in [0.4, 0.5) is 0 Å². The first-order valence-electron chi connectivity index (χ1n) is 4.33. The van der Waals surface area contributed by atoms with Gasteiger partial charge in [0.05, 0.1) is 0 Å². The number of hydrogen-bond donors (Lipinski definition) is 2. The Morgan fingerprint density at radius 1 is 1.64 bits per heavy atom. The Morgan fingerprint density at radius 2 is 2.36 bits per heavy atom. The maximum Gasteiger partial charge on any atom is 0.708 e. The molecule has 0 bridgehead atoms. The lowest BCUT2D eigenvalue weighted by molar-refractivity contribution is 0.0153. The van der Waals surface area contributed by atoms with E-state index in [1.54, 1.807) is 6.20 Å². The third kappa shape index (κ3) is 3.02. The summed E-state index contributed by atoms with van der Waals surface area (Å²) in [6.07, 6.45) is 1.44. The smallest absolute Gasteiger partial charge is 0.497 e. The molecule has 0 fully saturated rings. The summed E-state index contributed by atoms with van der Waals surface area (Å²) in [7, 11) is -1.85. The van der Waals surface area contributed by atoms with Gasteiger partial charge in [0.1, 0.15) is 6.23 Å². The number of rotatable bonds is 5. The second-order valence-electron chi connectivity index (χ2n) is 2.63. The van der Waals surface area contributed by atoms with Crippen LogP contribution < -0.4 is 4.65 Å². The van der Waals surface area contributed by atoms with Crippen molar-refractivity contribution >= 4 is 7.32 Å². The minimum Gasteiger partial charge on any atom is -0.497 e. The van der Waals surface area contributed by atoms with E-state index in [2.05, 4.69) is 9.75 Å². The molecule has 0 aliphatic carbocycles. The molecule has 1 heterocycles. The van der Waals surface area contributed by atoms with Gasteiger partial charge in [-0.1, -0.05) is 0 Å². The Balaban J connectivity index is 2.58. The molecule has 0 saturated heterocycles. The highest BCUT2D eigenvalue weighted by Gasteiger charge is 2.14. The molecule has 0 aliphatic rings. The van der Waals surface area contributed by atoms with Gasteiger partial charge in [0.2, 0.25) is 5.88 Å². The van der Waals surface area contributed by atoms with Gasteiger partial charge in [0.25, 0.3) is 0 Å². The quantitative estimate of drug-likeness (QED) is 0.643. The highest BCUT2D eigenvalue weighted by molar-refractivity contribution is 6.33. The van der Waals surface area contributed by atoms with E-state index in [1.165, 1.54) is 10.7 Å². The predicted molar refractivity (Wildman–Crippen MR) is 49.4 cm³/mol. The van der Waals surface area contributed by atoms with Crippen LogP contribution >= 0.6 is 0 Å². The summed E-state index contributed by atoms with van der Waals surface area (Å²) in [5.74, 6) is 0.145. The first-order chi connectivity index (χ1) is 6.63. The van der Waals surface area contributed by atoms with Crippen molar-refractivity contribution in [3.63, 3.8) is 0 Å². The van der Waals surface area contributed by atoms with Gasteiger partial charge in [0.15, 0.2) is 0 Å². The zero-order valence-corrected chi connectivity index (χ0v) is 8.12. The summed E-state index contributed by atoms with van der Waals surface area (Å²) in [4.78, 5) is 0. The van der Waals surface area contributed by atoms with E-state index in [4.69, 9.17) is 14.8 Å². The molecule has 6 nitrogen and oxygen atoms in total. The van der Waals surface area contributed by atoms with Crippen molar-refractivity contribution in [1.82, 2.24) is 9.78 Å². The number of nitrogens with zero attached hydrogens (tertiary/aromatic N) is 2. The maximum atomic E-state index is 8.51. The molecule has 2 N–H and O–H groups in total. The van der Waals surface area contributed by atoms with Gasteiger partial charge in [-0.05, 0) is 13.8 Å². The molecule has 1 rings (SSSR count). The molecule has 78 valence electrons. The van der Waals surface area contributed by atoms with E-state index in [-0.39, 0.29) is 12.1 Å². The molecule has 1 aromatic rings. The van der Waals surface area contributed by atoms with E-state index >= 15 is 0 Å². The fourth-order valence-electron chi connectivity index (χ4n) is 1.01. The molecule has 0 aromatic carbocycles. The topological polar surface area (TPSA) is 76.7 Å². The normalized spacial score (nSPS) is 12.6. The third-order valence-corrected chi connectivity index (χ3v) is 1.59. The van der Waals surface area contributed by atoms with Crippen molar-refractivity contribution in [1.29, 1.82) is 0 Å². The average Bonchev–Trinajstić information content (AvgIpc) is 2.52. The van der Waals surface area contributed by atoms with Crippen LogP contribution in [0.25, 0.3) is 0 Å². The van der Waals surface area contributed by atoms with E-state index in [0.29, 0.717) is 6.61 Å². The number of hydrogen-bond acceptors (Lipinski definition) is 5. The van der Waals surface area contributed by atoms with E-state index in [0.717, 1.165) is 0 Å². The van der Waals surface area contributed by atoms with Gasteiger partial charge in [-0.15, -0.1) is 5.10 Å². The zero-order valence-electron chi connectivity index (χ0n) is 8.12. The largest absolute Gasteiger partial charge is 0.708 e. The van der Waals surface area contributed by atoms with Crippen LogP contribution in [-0.4, -0.2) is 33.8 Å². The second kappa shape index (κ2) is 4.99. The van der Waals surface area contributed by atoms with Crippen LogP contribution in [0.15, 0.2) is 12.3 Å². The van der Waals surface area contributed by atoms with Crippen molar-refractivity contribution in [2.24, 2.45) is 0 Å². The predicted octanol–water partition coefficient (Wildman–Crippen LogP) is -0.214. The fourth-order valence-corrected chi connectivity index (χ4v) is 1.01. The summed E-state index contributed by atoms with van der Waals surface area (Å²) in [5.41, 5.74) is 0. The summed E-state index contributed by atoms with van der Waals surface area (Å²) < 4.78 is 11.3. The Kier molecular flexibility index (Phi) is 3.93. The Hall–Kier alpha value is -1.05. The van der Waals surface area contributed by atoms with Crippen LogP contribution in [0.3, 0.4) is 0 Å². The first-order valence-corrected chi connectivity index (χ1v) is 4.33. The molecule has 1 aromatic heterocycles. The van der Waals surface area contributed by atoms with Crippen molar-refractivity contribution in [2.45, 2.75) is 20.1 Å². The van der Waals surface area contributed by atoms with Crippen molar-refractivity contribution in [2.75, 3.05) is 6.61 Å². The number of aromatic nitrogens is 2. The minimum absolute atomic E-state index is 0.145. The third-order valence-electron chi connectivity index (χ3n) is 1.59. The standard InChI is InChI=1S/C7H13BN2O4/c1-3-13-6(2)10-5-4-7(9-10)14-8(11)12/h4-6,11-12H,3H2,1-2H3. The highest BCUT2D eigenvalue weighted by Crippen LogP contribution is 2.11. The Morgan fingerprint density at radius 3 is 2.93 bits per heavy atom. The molecule has 1 atom stereocenters. The van der Waals surface area contributed by atoms with Crippen molar-refractivity contribution in [3.8, 4) is 5.88 Å². The summed E-state index contributed by atoms with van der Waals surface area (Å²) in [6, 6.07) is 1.52. The lowest BCUT2D eigenvalue weighted by Gasteiger charge is -2.11. The summed E-state index contributed by atoms with van der Waals surface area (Å²) >= 11 is 0. The Labute approximate surface area is 82.2 Å². The van der Waals surface area contributed by atoms with Gasteiger partial charge < -0.3 is 19.4 Å². The van der Waals surface area contributed by atoms with Gasteiger partial charge in [0, 0.05) is 18.9 Å². The van der Waals surface area contributed by atoms with Crippen LogP contribution in [0, 0.1) is 0 Å². The van der Waals surface area contributed by atoms with E-state index < -0.39 is 7.32 Å². The van der Waals surface area contributed by atoms with Crippen LogP contribution in [0.5, 0.6) is 5.88 Å². The van der Waals surface area contributed by atoms with E-state index in [1.807, 2.05) is 13.8 Å². The number of ether oxygens (including phenoxy) is 1. The van der Waals surface area contributed by atoms with Crippen LogP contribution in [0.1, 0.15) is 20.1 Å². The molecule has 0 aliphatic heterocycles. The molecular weight excluding hydrogens is 187 g/mol. The Bertz CT molecular complexity index is 278. The van der Waals surface area contributed by atoms with Crippen molar-refractivity contribution < 1.29 is 19.4 Å². The van der Waals surface area contributed by atoms with Gasteiger partial charge in [-0.2, -0.15) is 0 Å². The van der Waals surface area contributed by atoms with Crippen molar-refractivity contribution in [3.05, 3.63) is 12.3 Å². The minimum atomic E-state index is -1.85. The first kappa shape index (κ1) is 11.0. The molecule has 0 amide bonds. The van der Waals surface area contributed by atoms with Gasteiger partial charge >= 0.3 is 7.32 Å².